The van der Waals surface area contributed by atoms with Crippen LogP contribution in [0.15, 0.2) is 12.4 Å². The van der Waals surface area contributed by atoms with E-state index in [9.17, 15) is 20.3 Å². The third-order valence-electron chi connectivity index (χ3n) is 2.67. The first-order chi connectivity index (χ1) is 8.08. The molecule has 2 heterocycles. The highest BCUT2D eigenvalue weighted by Gasteiger charge is 2.27. The summed E-state index contributed by atoms with van der Waals surface area (Å²) in [5.74, 6) is -0.331. The summed E-state index contributed by atoms with van der Waals surface area (Å²) < 4.78 is 1.22. The van der Waals surface area contributed by atoms with Gasteiger partial charge in [-0.15, -0.1) is 0 Å². The van der Waals surface area contributed by atoms with E-state index in [1.807, 2.05) is 4.90 Å². The number of β-amino-alcohol motifs (C(OH)–C–C–N with tert-alkyl or cyclic N) is 1. The minimum Gasteiger partial charge on any atom is -0.390 e. The van der Waals surface area contributed by atoms with Crippen molar-refractivity contribution in [3.63, 3.8) is 0 Å². The highest BCUT2D eigenvalue weighted by atomic mass is 16.6. The maximum Gasteiger partial charge on any atom is 0.434 e. The molecular formula is C9H14N4O4. The number of imidazole rings is 1. The van der Waals surface area contributed by atoms with Gasteiger partial charge in [0.2, 0.25) is 0 Å². The van der Waals surface area contributed by atoms with Gasteiger partial charge in [-0.3, -0.25) is 4.90 Å². The number of aliphatic hydroxyl groups is 2. The molecule has 1 saturated heterocycles. The summed E-state index contributed by atoms with van der Waals surface area (Å²) in [5, 5.41) is 30.0. The molecule has 0 spiro atoms. The number of aliphatic hydroxyl groups excluding tert-OH is 2. The zero-order valence-corrected chi connectivity index (χ0v) is 9.14. The van der Waals surface area contributed by atoms with E-state index in [2.05, 4.69) is 4.98 Å². The van der Waals surface area contributed by atoms with Crippen molar-refractivity contribution in [2.45, 2.75) is 18.8 Å². The Morgan fingerprint density at radius 1 is 1.41 bits per heavy atom. The number of rotatable bonds is 6. The lowest BCUT2D eigenvalue weighted by molar-refractivity contribution is -0.397. The molecule has 17 heavy (non-hydrogen) atoms. The van der Waals surface area contributed by atoms with E-state index in [-0.39, 0.29) is 12.5 Å². The minimum atomic E-state index is -1.04. The van der Waals surface area contributed by atoms with Gasteiger partial charge in [0, 0.05) is 19.6 Å². The predicted molar refractivity (Wildman–Crippen MR) is 57.3 cm³/mol. The number of nitro groups is 1. The topological polar surface area (TPSA) is 104 Å². The standard InChI is InChI=1S/C9H14N4O4/c14-7(5-11-3-4-11)8(15)6-12-2-1-10-9(12)13(16)17/h1-2,7-8,14-15H,3-6H2. The quantitative estimate of drug-likeness (QED) is 0.370. The van der Waals surface area contributed by atoms with Crippen molar-refractivity contribution in [1.29, 1.82) is 0 Å². The van der Waals surface area contributed by atoms with E-state index < -0.39 is 17.1 Å². The Hall–Kier alpha value is -1.51. The van der Waals surface area contributed by atoms with Crippen LogP contribution in [0.3, 0.4) is 0 Å². The molecule has 0 aliphatic carbocycles. The number of nitrogens with zero attached hydrogens (tertiary/aromatic N) is 4. The molecule has 0 aromatic carbocycles. The zero-order chi connectivity index (χ0) is 12.4. The normalized spacial score (nSPS) is 18.9. The Morgan fingerprint density at radius 2 is 2.06 bits per heavy atom. The lowest BCUT2D eigenvalue weighted by atomic mass is 10.2. The second-order valence-corrected chi connectivity index (χ2v) is 4.07. The molecule has 2 unspecified atom stereocenters. The first-order valence-corrected chi connectivity index (χ1v) is 5.32. The fourth-order valence-corrected chi connectivity index (χ4v) is 1.58. The Kier molecular flexibility index (Phi) is 3.36. The highest BCUT2D eigenvalue weighted by molar-refractivity contribution is 5.06. The monoisotopic (exact) mass is 242 g/mol. The van der Waals surface area contributed by atoms with Crippen molar-refractivity contribution in [3.8, 4) is 0 Å². The van der Waals surface area contributed by atoms with Gasteiger partial charge in [0.25, 0.3) is 0 Å². The average Bonchev–Trinajstić information content (AvgIpc) is 2.94. The van der Waals surface area contributed by atoms with Crippen LogP contribution in [0.25, 0.3) is 0 Å². The average molecular weight is 242 g/mol. The minimum absolute atomic E-state index is 0.0364. The highest BCUT2D eigenvalue weighted by Crippen LogP contribution is 2.12. The van der Waals surface area contributed by atoms with Gasteiger partial charge < -0.3 is 20.3 Å². The molecule has 0 radical (unpaired) electrons. The molecule has 94 valence electrons. The summed E-state index contributed by atoms with van der Waals surface area (Å²) in [5.41, 5.74) is 0. The third kappa shape index (κ3) is 2.99. The van der Waals surface area contributed by atoms with E-state index in [1.165, 1.54) is 17.0 Å². The van der Waals surface area contributed by atoms with Gasteiger partial charge in [-0.05, 0) is 4.92 Å². The van der Waals surface area contributed by atoms with Crippen LogP contribution in [0.1, 0.15) is 0 Å². The summed E-state index contributed by atoms with van der Waals surface area (Å²) in [6, 6.07) is 0. The fourth-order valence-electron chi connectivity index (χ4n) is 1.58. The zero-order valence-electron chi connectivity index (χ0n) is 9.14. The van der Waals surface area contributed by atoms with Crippen LogP contribution >= 0.6 is 0 Å². The molecule has 8 nitrogen and oxygen atoms in total. The summed E-state index contributed by atoms with van der Waals surface area (Å²) >= 11 is 0. The Labute approximate surface area is 97.3 Å². The first-order valence-electron chi connectivity index (χ1n) is 5.32. The molecule has 2 atom stereocenters. The van der Waals surface area contributed by atoms with Crippen LogP contribution in [0.5, 0.6) is 0 Å². The molecule has 2 N–H and O–H groups in total. The summed E-state index contributed by atoms with van der Waals surface area (Å²) in [7, 11) is 0. The number of hydrogen-bond acceptors (Lipinski definition) is 6. The van der Waals surface area contributed by atoms with Gasteiger partial charge in [0.15, 0.2) is 0 Å². The van der Waals surface area contributed by atoms with Crippen LogP contribution in [-0.4, -0.2) is 61.4 Å². The first kappa shape index (κ1) is 12.0. The molecule has 0 amide bonds. The van der Waals surface area contributed by atoms with Crippen molar-refractivity contribution < 1.29 is 15.1 Å². The molecule has 1 aromatic heterocycles. The van der Waals surface area contributed by atoms with E-state index in [0.717, 1.165) is 13.1 Å². The maximum absolute atomic E-state index is 10.6. The van der Waals surface area contributed by atoms with E-state index in [1.54, 1.807) is 0 Å². The summed E-state index contributed by atoms with van der Waals surface area (Å²) in [6.45, 7) is 2.21. The molecule has 8 heteroatoms. The van der Waals surface area contributed by atoms with Crippen molar-refractivity contribution in [2.75, 3.05) is 19.6 Å². The summed E-state index contributed by atoms with van der Waals surface area (Å²) in [6.07, 6.45) is 0.760. The molecule has 1 fully saturated rings. The van der Waals surface area contributed by atoms with E-state index in [4.69, 9.17) is 0 Å². The largest absolute Gasteiger partial charge is 0.434 e. The SMILES string of the molecule is O=[N+]([O-])c1nccn1CC(O)C(O)CN1CC1. The third-order valence-corrected chi connectivity index (χ3v) is 2.67. The predicted octanol–water partition coefficient (Wildman–Crippen LogP) is -1.17. The van der Waals surface area contributed by atoms with Gasteiger partial charge in [-0.2, -0.15) is 0 Å². The molecule has 1 aliphatic heterocycles. The second-order valence-electron chi connectivity index (χ2n) is 4.07. The van der Waals surface area contributed by atoms with Crippen molar-refractivity contribution >= 4 is 5.95 Å². The summed E-state index contributed by atoms with van der Waals surface area (Å²) in [4.78, 5) is 15.5. The van der Waals surface area contributed by atoms with E-state index >= 15 is 0 Å². The maximum atomic E-state index is 10.6. The molecule has 0 bridgehead atoms. The van der Waals surface area contributed by atoms with Crippen LogP contribution in [-0.2, 0) is 6.54 Å². The number of hydrogen-bond donors (Lipinski definition) is 2. The fraction of sp³-hybridized carbons (Fsp3) is 0.667. The second kappa shape index (κ2) is 4.78. The van der Waals surface area contributed by atoms with Crippen molar-refractivity contribution in [1.82, 2.24) is 14.5 Å². The van der Waals surface area contributed by atoms with Crippen LogP contribution < -0.4 is 0 Å². The molecule has 0 saturated carbocycles. The van der Waals surface area contributed by atoms with Gasteiger partial charge in [-0.25, -0.2) is 4.57 Å². The van der Waals surface area contributed by atoms with Gasteiger partial charge in [-0.1, -0.05) is 4.98 Å². The smallest absolute Gasteiger partial charge is 0.390 e. The number of aromatic nitrogens is 2. The lowest BCUT2D eigenvalue weighted by Gasteiger charge is -2.17. The van der Waals surface area contributed by atoms with Gasteiger partial charge in [0.05, 0.1) is 6.10 Å². The van der Waals surface area contributed by atoms with E-state index in [0.29, 0.717) is 6.54 Å². The molecule has 2 rings (SSSR count). The molecular weight excluding hydrogens is 228 g/mol. The Balaban J connectivity index is 1.94. The van der Waals surface area contributed by atoms with Crippen molar-refractivity contribution in [2.24, 2.45) is 0 Å². The molecule has 1 aliphatic rings. The lowest BCUT2D eigenvalue weighted by Crippen LogP contribution is -2.35. The Morgan fingerprint density at radius 3 is 2.65 bits per heavy atom. The van der Waals surface area contributed by atoms with Crippen molar-refractivity contribution in [3.05, 3.63) is 22.5 Å². The van der Waals surface area contributed by atoms with Crippen LogP contribution in [0.4, 0.5) is 5.95 Å². The Bertz CT molecular complexity index is 403. The van der Waals surface area contributed by atoms with Gasteiger partial charge >= 0.3 is 5.95 Å². The van der Waals surface area contributed by atoms with Gasteiger partial charge in [0.1, 0.15) is 25.0 Å². The van der Waals surface area contributed by atoms with Crippen LogP contribution in [0, 0.1) is 10.1 Å². The van der Waals surface area contributed by atoms with Crippen LogP contribution in [0.2, 0.25) is 0 Å². The molecule has 1 aromatic rings.